The summed E-state index contributed by atoms with van der Waals surface area (Å²) < 4.78 is 3.36. The number of hydrogen-bond donors (Lipinski definition) is 1. The molecular weight excluding hydrogens is 278 g/mol. The molecule has 0 unspecified atom stereocenters. The van der Waals surface area contributed by atoms with Gasteiger partial charge in [0.15, 0.2) is 0 Å². The summed E-state index contributed by atoms with van der Waals surface area (Å²) in [7, 11) is 1.77. The first-order valence-corrected chi connectivity index (χ1v) is 7.25. The summed E-state index contributed by atoms with van der Waals surface area (Å²) in [6, 6.07) is 2.00. The number of anilines is 1. The van der Waals surface area contributed by atoms with Crippen molar-refractivity contribution in [2.45, 2.75) is 31.5 Å². The van der Waals surface area contributed by atoms with Crippen molar-refractivity contribution in [3.63, 3.8) is 0 Å². The van der Waals surface area contributed by atoms with E-state index >= 15 is 0 Å². The van der Waals surface area contributed by atoms with Gasteiger partial charge in [-0.05, 0) is 24.3 Å². The van der Waals surface area contributed by atoms with Crippen molar-refractivity contribution >= 4 is 23.5 Å². The molecular formula is C11H17N7OS. The molecule has 2 heterocycles. The summed E-state index contributed by atoms with van der Waals surface area (Å²) in [5.41, 5.74) is 0. The zero-order valence-electron chi connectivity index (χ0n) is 11.6. The van der Waals surface area contributed by atoms with E-state index in [1.54, 1.807) is 28.7 Å². The quantitative estimate of drug-likeness (QED) is 0.803. The van der Waals surface area contributed by atoms with Gasteiger partial charge in [-0.2, -0.15) is 5.10 Å². The van der Waals surface area contributed by atoms with Crippen LogP contribution in [0, 0.1) is 0 Å². The standard InChI is InChI=1S/C11H17N7OS/c1-8(2)18-9(4-6-12-18)13-10(19)5-7-20-11-14-15-16-17(11)3/h4,6,8H,5,7H2,1-3H3,(H,13,19). The Bertz CT molecular complexity index is 577. The number of aromatic nitrogens is 6. The molecule has 0 aliphatic carbocycles. The molecule has 0 aliphatic heterocycles. The first-order chi connectivity index (χ1) is 9.58. The smallest absolute Gasteiger partial charge is 0.226 e. The highest BCUT2D eigenvalue weighted by Gasteiger charge is 2.10. The first-order valence-electron chi connectivity index (χ1n) is 6.26. The van der Waals surface area contributed by atoms with E-state index in [-0.39, 0.29) is 11.9 Å². The fraction of sp³-hybridized carbons (Fsp3) is 0.545. The van der Waals surface area contributed by atoms with Crippen LogP contribution in [0.3, 0.4) is 0 Å². The normalized spacial score (nSPS) is 11.0. The lowest BCUT2D eigenvalue weighted by Gasteiger charge is -2.11. The number of aryl methyl sites for hydroxylation is 1. The van der Waals surface area contributed by atoms with Gasteiger partial charge in [0.25, 0.3) is 0 Å². The van der Waals surface area contributed by atoms with Gasteiger partial charge in [0, 0.05) is 31.3 Å². The second-order valence-corrected chi connectivity index (χ2v) is 5.55. The highest BCUT2D eigenvalue weighted by atomic mass is 32.2. The van der Waals surface area contributed by atoms with Crippen LogP contribution in [-0.2, 0) is 11.8 Å². The van der Waals surface area contributed by atoms with Crippen molar-refractivity contribution in [1.29, 1.82) is 0 Å². The molecule has 1 N–H and O–H groups in total. The molecule has 0 spiro atoms. The first kappa shape index (κ1) is 14.5. The molecule has 2 aromatic rings. The summed E-state index contributed by atoms with van der Waals surface area (Å²) in [6.45, 7) is 4.03. The van der Waals surface area contributed by atoms with E-state index in [9.17, 15) is 4.79 Å². The third-order valence-electron chi connectivity index (χ3n) is 2.57. The number of amides is 1. The Balaban J connectivity index is 1.81. The van der Waals surface area contributed by atoms with Crippen molar-refractivity contribution in [2.24, 2.45) is 7.05 Å². The van der Waals surface area contributed by atoms with Crippen LogP contribution in [0.25, 0.3) is 0 Å². The SMILES string of the molecule is CC(C)n1nccc1NC(=O)CCSc1nnnn1C. The van der Waals surface area contributed by atoms with Crippen molar-refractivity contribution in [3.05, 3.63) is 12.3 Å². The minimum absolute atomic E-state index is 0.0463. The van der Waals surface area contributed by atoms with Gasteiger partial charge in [-0.15, -0.1) is 5.10 Å². The van der Waals surface area contributed by atoms with Gasteiger partial charge in [0.1, 0.15) is 5.82 Å². The number of nitrogens with zero attached hydrogens (tertiary/aromatic N) is 6. The van der Waals surface area contributed by atoms with Crippen LogP contribution in [0.15, 0.2) is 17.4 Å². The second-order valence-electron chi connectivity index (χ2n) is 4.49. The highest BCUT2D eigenvalue weighted by molar-refractivity contribution is 7.99. The third kappa shape index (κ3) is 3.56. The van der Waals surface area contributed by atoms with Crippen LogP contribution in [0.4, 0.5) is 5.82 Å². The summed E-state index contributed by atoms with van der Waals surface area (Å²) in [6.07, 6.45) is 2.07. The lowest BCUT2D eigenvalue weighted by molar-refractivity contribution is -0.115. The van der Waals surface area contributed by atoms with Gasteiger partial charge in [0.2, 0.25) is 11.1 Å². The summed E-state index contributed by atoms with van der Waals surface area (Å²) in [5.74, 6) is 1.29. The van der Waals surface area contributed by atoms with Crippen molar-refractivity contribution in [3.8, 4) is 0 Å². The molecule has 1 amide bonds. The molecule has 0 fully saturated rings. The monoisotopic (exact) mass is 295 g/mol. The van der Waals surface area contributed by atoms with Gasteiger partial charge in [-0.25, -0.2) is 9.36 Å². The topological polar surface area (TPSA) is 90.5 Å². The van der Waals surface area contributed by atoms with Crippen molar-refractivity contribution in [1.82, 2.24) is 30.0 Å². The van der Waals surface area contributed by atoms with E-state index in [1.807, 2.05) is 13.8 Å². The zero-order valence-corrected chi connectivity index (χ0v) is 12.5. The predicted octanol–water partition coefficient (Wildman–Crippen LogP) is 1.11. The third-order valence-corrected chi connectivity index (χ3v) is 3.58. The number of thioether (sulfide) groups is 1. The molecule has 0 saturated carbocycles. The summed E-state index contributed by atoms with van der Waals surface area (Å²) in [4.78, 5) is 11.9. The van der Waals surface area contributed by atoms with Crippen LogP contribution in [-0.4, -0.2) is 41.6 Å². The number of carbonyl (C=O) groups is 1. The van der Waals surface area contributed by atoms with Crippen LogP contribution in [0.1, 0.15) is 26.3 Å². The summed E-state index contributed by atoms with van der Waals surface area (Å²) >= 11 is 1.45. The largest absolute Gasteiger partial charge is 0.311 e. The number of rotatable bonds is 6. The van der Waals surface area contributed by atoms with Crippen LogP contribution in [0.5, 0.6) is 0 Å². The Morgan fingerprint density at radius 2 is 2.30 bits per heavy atom. The van der Waals surface area contributed by atoms with Gasteiger partial charge in [-0.1, -0.05) is 11.8 Å². The minimum Gasteiger partial charge on any atom is -0.311 e. The number of tetrazole rings is 1. The molecule has 0 saturated heterocycles. The molecule has 0 bridgehead atoms. The molecule has 2 aromatic heterocycles. The molecule has 8 nitrogen and oxygen atoms in total. The minimum atomic E-state index is -0.0463. The molecule has 0 atom stereocenters. The van der Waals surface area contributed by atoms with Gasteiger partial charge in [-0.3, -0.25) is 4.79 Å². The molecule has 108 valence electrons. The molecule has 0 radical (unpaired) electrons. The average Bonchev–Trinajstić information content (AvgIpc) is 2.99. The molecule has 0 aliphatic rings. The fourth-order valence-electron chi connectivity index (χ4n) is 1.61. The maximum Gasteiger partial charge on any atom is 0.226 e. The molecule has 0 aromatic carbocycles. The Kier molecular flexibility index (Phi) is 4.72. The molecule has 20 heavy (non-hydrogen) atoms. The second kappa shape index (κ2) is 6.51. The van der Waals surface area contributed by atoms with Gasteiger partial charge < -0.3 is 5.32 Å². The van der Waals surface area contributed by atoms with E-state index in [0.717, 1.165) is 5.82 Å². The van der Waals surface area contributed by atoms with E-state index in [4.69, 9.17) is 0 Å². The van der Waals surface area contributed by atoms with E-state index in [2.05, 4.69) is 25.9 Å². The van der Waals surface area contributed by atoms with E-state index in [1.165, 1.54) is 11.8 Å². The van der Waals surface area contributed by atoms with Gasteiger partial charge >= 0.3 is 0 Å². The Labute approximate surface area is 120 Å². The number of nitrogens with one attached hydrogen (secondary N) is 1. The maximum atomic E-state index is 11.9. The van der Waals surface area contributed by atoms with Crippen molar-refractivity contribution in [2.75, 3.05) is 11.1 Å². The van der Waals surface area contributed by atoms with E-state index < -0.39 is 0 Å². The average molecular weight is 295 g/mol. The summed E-state index contributed by atoms with van der Waals surface area (Å²) in [5, 5.41) is 18.8. The fourth-order valence-corrected chi connectivity index (χ4v) is 2.40. The number of hydrogen-bond acceptors (Lipinski definition) is 6. The number of carbonyl (C=O) groups excluding carboxylic acids is 1. The van der Waals surface area contributed by atoms with Gasteiger partial charge in [0.05, 0.1) is 6.20 Å². The molecule has 9 heteroatoms. The Morgan fingerprint density at radius 3 is 2.95 bits per heavy atom. The lowest BCUT2D eigenvalue weighted by atomic mass is 10.4. The Hall–Kier alpha value is -1.90. The van der Waals surface area contributed by atoms with E-state index in [0.29, 0.717) is 17.3 Å². The van der Waals surface area contributed by atoms with Crippen LogP contribution in [0.2, 0.25) is 0 Å². The van der Waals surface area contributed by atoms with Crippen LogP contribution < -0.4 is 5.32 Å². The predicted molar refractivity (Wildman–Crippen MR) is 75.4 cm³/mol. The Morgan fingerprint density at radius 1 is 1.50 bits per heavy atom. The maximum absolute atomic E-state index is 11.9. The van der Waals surface area contributed by atoms with Crippen molar-refractivity contribution < 1.29 is 4.79 Å². The highest BCUT2D eigenvalue weighted by Crippen LogP contribution is 2.16. The van der Waals surface area contributed by atoms with Crippen LogP contribution >= 0.6 is 11.8 Å². The molecule has 2 rings (SSSR count). The zero-order chi connectivity index (χ0) is 14.5. The lowest BCUT2D eigenvalue weighted by Crippen LogP contribution is -2.17.